The number of hydrogen-bond donors (Lipinski definition) is 4. The van der Waals surface area contributed by atoms with Gasteiger partial charge in [0, 0.05) is 50.9 Å². The Kier molecular flexibility index (Phi) is 15.8. The summed E-state index contributed by atoms with van der Waals surface area (Å²) < 4.78 is 37.3. The van der Waals surface area contributed by atoms with Crippen LogP contribution in [0, 0.1) is 6.92 Å². The van der Waals surface area contributed by atoms with Crippen molar-refractivity contribution in [2.45, 2.75) is 47.5 Å². The molecule has 0 saturated carbocycles. The van der Waals surface area contributed by atoms with Gasteiger partial charge in [0.15, 0.2) is 6.10 Å². The maximum atomic E-state index is 14.4. The molecular formula is C46H48N10O10S3. The summed E-state index contributed by atoms with van der Waals surface area (Å²) in [4.78, 5) is 85.3. The number of tetrazole rings is 1. The number of thioether (sulfide) groups is 2. The number of hydrogen-bond acceptors (Lipinski definition) is 15. The van der Waals surface area contributed by atoms with Crippen molar-refractivity contribution < 1.29 is 46.5 Å². The van der Waals surface area contributed by atoms with Crippen LogP contribution in [0.25, 0.3) is 0 Å². The zero-order chi connectivity index (χ0) is 49.4. The molecule has 3 aliphatic heterocycles. The normalized spacial score (nSPS) is 17.3. The molecule has 5 aromatic rings. The van der Waals surface area contributed by atoms with E-state index < -0.39 is 69.3 Å². The van der Waals surface area contributed by atoms with Crippen molar-refractivity contribution in [2.24, 2.45) is 7.05 Å². The van der Waals surface area contributed by atoms with Gasteiger partial charge >= 0.3 is 23.8 Å². The topological polar surface area (TPSA) is 255 Å². The van der Waals surface area contributed by atoms with Crippen LogP contribution in [0.2, 0.25) is 0 Å². The Balaban J connectivity index is 0.000000563. The summed E-state index contributed by atoms with van der Waals surface area (Å²) in [7, 11) is -0.627. The van der Waals surface area contributed by atoms with Gasteiger partial charge in [-0.05, 0) is 70.8 Å². The summed E-state index contributed by atoms with van der Waals surface area (Å²) in [5.74, 6) is -3.24. The molecule has 0 aliphatic carbocycles. The molecule has 2 saturated heterocycles. The van der Waals surface area contributed by atoms with Gasteiger partial charge in [-0.25, -0.2) is 14.3 Å². The number of nitrogens with one attached hydrogen (secondary N) is 3. The van der Waals surface area contributed by atoms with E-state index >= 15 is 0 Å². The summed E-state index contributed by atoms with van der Waals surface area (Å²) in [6, 6.07) is 27.9. The lowest BCUT2D eigenvalue weighted by Gasteiger charge is -2.50. The molecule has 4 N–H and O–H groups in total. The minimum absolute atomic E-state index is 0.0572. The lowest BCUT2D eigenvalue weighted by molar-refractivity contribution is -0.155. The number of esters is 1. The highest BCUT2D eigenvalue weighted by atomic mass is 32.2. The molecule has 69 heavy (non-hydrogen) atoms. The lowest BCUT2D eigenvalue weighted by Crippen LogP contribution is -2.71. The number of β-lactam (4-membered cyclic amide) rings is 1. The SMILES string of the molecule is CCN1CCN(C(=O)N[C@@H](C(=O)N[C@@H]2C(=O)N3C(C(=O)OC(c4ccccc4)c4ccccc4)=C(CSc4nnnn4C)CS[C@H]23)c2cccc(NC)c2)C(=O)C1=O.Cc1ccc(S(=O)(=O)O)cc1. The van der Waals surface area contributed by atoms with E-state index in [1.54, 1.807) is 57.4 Å². The first-order valence-corrected chi connectivity index (χ1v) is 24.9. The van der Waals surface area contributed by atoms with Gasteiger partial charge in [-0.15, -0.1) is 16.9 Å². The number of carbonyl (C=O) groups is 6. The summed E-state index contributed by atoms with van der Waals surface area (Å²) >= 11 is 2.66. The minimum Gasteiger partial charge on any atom is -0.448 e. The first-order valence-electron chi connectivity index (χ1n) is 21.5. The third kappa shape index (κ3) is 11.4. The number of carbonyl (C=O) groups excluding carboxylic acids is 6. The minimum atomic E-state index is -4.02. The zero-order valence-corrected chi connectivity index (χ0v) is 40.2. The fourth-order valence-corrected chi connectivity index (χ4v) is 10.3. The number of piperazine rings is 1. The van der Waals surface area contributed by atoms with Crippen molar-refractivity contribution in [2.75, 3.05) is 43.5 Å². The van der Waals surface area contributed by atoms with Gasteiger partial charge in [0.05, 0.1) is 4.90 Å². The van der Waals surface area contributed by atoms with E-state index in [4.69, 9.17) is 9.29 Å². The van der Waals surface area contributed by atoms with Crippen LogP contribution in [0.5, 0.6) is 0 Å². The molecule has 2 fully saturated rings. The molecule has 3 atom stereocenters. The number of urea groups is 1. The highest BCUT2D eigenvalue weighted by Gasteiger charge is 2.55. The largest absolute Gasteiger partial charge is 0.448 e. The number of aromatic nitrogens is 4. The van der Waals surface area contributed by atoms with E-state index in [2.05, 4.69) is 31.5 Å². The first-order chi connectivity index (χ1) is 33.1. The van der Waals surface area contributed by atoms with Gasteiger partial charge in [0.2, 0.25) is 11.1 Å². The number of anilines is 1. The third-order valence-electron chi connectivity index (χ3n) is 11.2. The van der Waals surface area contributed by atoms with Gasteiger partial charge in [0.1, 0.15) is 23.2 Å². The molecule has 4 aromatic carbocycles. The lowest BCUT2D eigenvalue weighted by atomic mass is 10.00. The number of rotatable bonds is 14. The van der Waals surface area contributed by atoms with E-state index in [9.17, 15) is 37.2 Å². The standard InChI is InChI=1S/C39H40N10O7S2.C7H8O3S/c1-4-47-18-19-48(35(53)34(47)52)38(55)42-28(25-16-11-17-27(20-25)40-2)32(50)41-29-33(51)49-30(26(21-57-36(29)49)22-58-39-43-44-45-46(39)3)37(54)56-31(23-12-7-5-8-13-23)24-14-9-6-10-15-24;1-6-2-4-7(5-3-6)11(8,9)10/h5-17,20,28-29,31,36,40H,4,18-19,21-22H2,1-3H3,(H,41,50)(H,42,55);2-5H,1H3,(H,8,9,10)/t28-,29-,36-;/m1./s1. The number of ether oxygens (including phenoxy) is 1. The summed E-state index contributed by atoms with van der Waals surface area (Å²) in [6.07, 6.45) is -0.788. The highest BCUT2D eigenvalue weighted by Crippen LogP contribution is 2.43. The van der Waals surface area contributed by atoms with Crippen LogP contribution in [0.4, 0.5) is 10.5 Å². The Bertz CT molecular complexity index is 2830. The van der Waals surface area contributed by atoms with Crippen LogP contribution in [-0.4, -0.2) is 133 Å². The number of likely N-dealkylation sites (N-methyl/N-ethyl adjacent to an activating group) is 1. The van der Waals surface area contributed by atoms with Crippen LogP contribution in [-0.2, 0) is 45.9 Å². The molecule has 0 radical (unpaired) electrons. The molecule has 360 valence electrons. The number of imide groups is 1. The molecule has 6 amide bonds. The number of benzene rings is 4. The quantitative estimate of drug-likeness (QED) is 0.0407. The molecule has 3 aliphatic rings. The smallest absolute Gasteiger partial charge is 0.356 e. The number of nitrogens with zero attached hydrogens (tertiary/aromatic N) is 7. The molecule has 8 rings (SSSR count). The van der Waals surface area contributed by atoms with E-state index in [1.807, 2.05) is 67.6 Å². The molecule has 23 heteroatoms. The molecule has 1 aromatic heterocycles. The van der Waals surface area contributed by atoms with Crippen LogP contribution in [0.1, 0.15) is 41.3 Å². The third-order valence-corrected chi connectivity index (χ3v) is 14.5. The van der Waals surface area contributed by atoms with Gasteiger partial charge in [-0.3, -0.25) is 33.5 Å². The summed E-state index contributed by atoms with van der Waals surface area (Å²) in [6.45, 7) is 3.97. The first kappa shape index (κ1) is 49.8. The van der Waals surface area contributed by atoms with Crippen molar-refractivity contribution >= 4 is 75.0 Å². The monoisotopic (exact) mass is 996 g/mol. The van der Waals surface area contributed by atoms with E-state index in [-0.39, 0.29) is 29.4 Å². The maximum Gasteiger partial charge on any atom is 0.356 e. The Labute approximate surface area is 405 Å². The second-order valence-electron chi connectivity index (χ2n) is 15.7. The van der Waals surface area contributed by atoms with Crippen LogP contribution in [0.15, 0.2) is 131 Å². The van der Waals surface area contributed by atoms with E-state index in [0.29, 0.717) is 34.3 Å². The molecule has 0 unspecified atom stereocenters. The fourth-order valence-electron chi connectivity index (χ4n) is 7.52. The van der Waals surface area contributed by atoms with Crippen molar-refractivity contribution in [3.63, 3.8) is 0 Å². The Morgan fingerprint density at radius 2 is 1.55 bits per heavy atom. The summed E-state index contributed by atoms with van der Waals surface area (Å²) in [5, 5.41) is 19.8. The van der Waals surface area contributed by atoms with Crippen molar-refractivity contribution in [3.05, 3.63) is 143 Å². The van der Waals surface area contributed by atoms with Crippen molar-refractivity contribution in [1.29, 1.82) is 0 Å². The molecular weight excluding hydrogens is 949 g/mol. The predicted molar refractivity (Wildman–Crippen MR) is 255 cm³/mol. The van der Waals surface area contributed by atoms with E-state index in [1.165, 1.54) is 50.1 Å². The number of amides is 6. The number of aryl methyl sites for hydroxylation is 2. The van der Waals surface area contributed by atoms with Crippen molar-refractivity contribution in [3.8, 4) is 0 Å². The average Bonchev–Trinajstić information content (AvgIpc) is 3.78. The van der Waals surface area contributed by atoms with Crippen LogP contribution < -0.4 is 16.0 Å². The van der Waals surface area contributed by atoms with Crippen LogP contribution >= 0.6 is 23.5 Å². The molecule has 0 spiro atoms. The van der Waals surface area contributed by atoms with Crippen molar-refractivity contribution in [1.82, 2.24) is 45.5 Å². The predicted octanol–water partition coefficient (Wildman–Crippen LogP) is 3.71. The average molecular weight is 997 g/mol. The van der Waals surface area contributed by atoms with Gasteiger partial charge in [-0.2, -0.15) is 8.42 Å². The Morgan fingerprint density at radius 1 is 0.899 bits per heavy atom. The van der Waals surface area contributed by atoms with Crippen LogP contribution in [0.3, 0.4) is 0 Å². The second kappa shape index (κ2) is 21.9. The fraction of sp³-hybridized carbons (Fsp3) is 0.283. The molecule has 4 heterocycles. The maximum absolute atomic E-state index is 14.4. The van der Waals surface area contributed by atoms with Gasteiger partial charge in [0.25, 0.3) is 16.0 Å². The molecule has 20 nitrogen and oxygen atoms in total. The second-order valence-corrected chi connectivity index (χ2v) is 19.2. The Hall–Kier alpha value is -7.08. The molecule has 0 bridgehead atoms. The highest BCUT2D eigenvalue weighted by molar-refractivity contribution is 8.01. The summed E-state index contributed by atoms with van der Waals surface area (Å²) in [5.41, 5.74) is 4.11. The zero-order valence-electron chi connectivity index (χ0n) is 37.7. The van der Waals surface area contributed by atoms with Gasteiger partial charge < -0.3 is 25.6 Å². The Morgan fingerprint density at radius 3 is 2.14 bits per heavy atom. The van der Waals surface area contributed by atoms with E-state index in [0.717, 1.165) is 21.6 Å². The number of fused-ring (bicyclic) bond motifs is 1. The van der Waals surface area contributed by atoms with Gasteiger partial charge in [-0.1, -0.05) is 102 Å².